The van der Waals surface area contributed by atoms with Crippen LogP contribution in [0.2, 0.25) is 5.02 Å². The SMILES string of the molecule is NC(=O)c1c(-c2cc(Cl)c3ocnc3c2)nn2c1CN(C(=O)O)CC2. The highest BCUT2D eigenvalue weighted by molar-refractivity contribution is 6.35. The van der Waals surface area contributed by atoms with Gasteiger partial charge in [0, 0.05) is 12.1 Å². The summed E-state index contributed by atoms with van der Waals surface area (Å²) in [5, 5.41) is 14.0. The average molecular weight is 362 g/mol. The lowest BCUT2D eigenvalue weighted by Gasteiger charge is -2.25. The molecular weight excluding hydrogens is 350 g/mol. The predicted molar refractivity (Wildman–Crippen MR) is 87.2 cm³/mol. The van der Waals surface area contributed by atoms with Gasteiger partial charge in [0.15, 0.2) is 12.0 Å². The molecule has 0 radical (unpaired) electrons. The maximum Gasteiger partial charge on any atom is 0.407 e. The van der Waals surface area contributed by atoms with E-state index < -0.39 is 12.0 Å². The van der Waals surface area contributed by atoms with Crippen molar-refractivity contribution in [1.29, 1.82) is 0 Å². The molecule has 1 aliphatic rings. The monoisotopic (exact) mass is 361 g/mol. The van der Waals surface area contributed by atoms with E-state index in [1.165, 1.54) is 11.3 Å². The lowest BCUT2D eigenvalue weighted by Crippen LogP contribution is -2.38. The van der Waals surface area contributed by atoms with Gasteiger partial charge in [0.05, 0.1) is 29.4 Å². The number of carbonyl (C=O) groups excluding carboxylic acids is 1. The van der Waals surface area contributed by atoms with Crippen molar-refractivity contribution < 1.29 is 19.1 Å². The summed E-state index contributed by atoms with van der Waals surface area (Å²) in [7, 11) is 0. The number of halogens is 1. The van der Waals surface area contributed by atoms with E-state index in [1.54, 1.807) is 16.8 Å². The first-order valence-electron chi connectivity index (χ1n) is 7.36. The lowest BCUT2D eigenvalue weighted by molar-refractivity contribution is 0.0993. The van der Waals surface area contributed by atoms with Gasteiger partial charge >= 0.3 is 6.09 Å². The summed E-state index contributed by atoms with van der Waals surface area (Å²) >= 11 is 6.21. The van der Waals surface area contributed by atoms with Crippen LogP contribution in [0, 0.1) is 0 Å². The van der Waals surface area contributed by atoms with Crippen LogP contribution in [-0.2, 0) is 13.1 Å². The molecule has 9 nitrogen and oxygen atoms in total. The Kier molecular flexibility index (Phi) is 3.39. The van der Waals surface area contributed by atoms with Gasteiger partial charge in [-0.05, 0) is 12.1 Å². The van der Waals surface area contributed by atoms with Crippen LogP contribution in [0.15, 0.2) is 22.9 Å². The fourth-order valence-corrected chi connectivity index (χ4v) is 3.26. The average Bonchev–Trinajstić information content (AvgIpc) is 3.18. The van der Waals surface area contributed by atoms with Crippen molar-refractivity contribution in [3.63, 3.8) is 0 Å². The molecule has 128 valence electrons. The quantitative estimate of drug-likeness (QED) is 0.717. The minimum atomic E-state index is -1.06. The molecule has 0 fully saturated rings. The van der Waals surface area contributed by atoms with Crippen LogP contribution >= 0.6 is 11.6 Å². The van der Waals surface area contributed by atoms with Gasteiger partial charge in [-0.2, -0.15) is 5.10 Å². The number of rotatable bonds is 2. The fourth-order valence-electron chi connectivity index (χ4n) is 3.01. The van der Waals surface area contributed by atoms with Gasteiger partial charge in [0.1, 0.15) is 11.2 Å². The Labute approximate surface area is 145 Å². The second kappa shape index (κ2) is 5.49. The third-order valence-electron chi connectivity index (χ3n) is 4.16. The maximum atomic E-state index is 12.0. The molecule has 2 aromatic heterocycles. The summed E-state index contributed by atoms with van der Waals surface area (Å²) in [5.41, 5.74) is 8.07. The Morgan fingerprint density at radius 3 is 2.84 bits per heavy atom. The van der Waals surface area contributed by atoms with Crippen molar-refractivity contribution in [2.75, 3.05) is 6.54 Å². The number of benzene rings is 1. The van der Waals surface area contributed by atoms with E-state index >= 15 is 0 Å². The second-order valence-corrected chi connectivity index (χ2v) is 6.03. The highest BCUT2D eigenvalue weighted by Gasteiger charge is 2.29. The Hall–Kier alpha value is -3.07. The summed E-state index contributed by atoms with van der Waals surface area (Å²) in [6.07, 6.45) is 0.217. The number of carbonyl (C=O) groups is 2. The van der Waals surface area contributed by atoms with Crippen LogP contribution < -0.4 is 5.73 Å². The minimum Gasteiger partial charge on any atom is -0.465 e. The van der Waals surface area contributed by atoms with Crippen molar-refractivity contribution in [2.24, 2.45) is 5.73 Å². The molecule has 0 bridgehead atoms. The standard InChI is InChI=1S/C15H12ClN5O4/c16-8-3-7(4-9-13(8)25-6-18-9)12-11(14(17)22)10-5-20(15(23)24)1-2-21(10)19-12/h3-4,6H,1-2,5H2,(H2,17,22)(H,23,24). The van der Waals surface area contributed by atoms with E-state index in [0.29, 0.717) is 39.6 Å². The van der Waals surface area contributed by atoms with Gasteiger partial charge in [0.2, 0.25) is 0 Å². The Balaban J connectivity index is 1.90. The van der Waals surface area contributed by atoms with Crippen molar-refractivity contribution in [2.45, 2.75) is 13.1 Å². The van der Waals surface area contributed by atoms with Gasteiger partial charge in [-0.1, -0.05) is 11.6 Å². The lowest BCUT2D eigenvalue weighted by atomic mass is 10.0. The number of nitrogens with two attached hydrogens (primary N) is 1. The molecule has 3 heterocycles. The molecule has 25 heavy (non-hydrogen) atoms. The fraction of sp³-hybridized carbons (Fsp3) is 0.200. The van der Waals surface area contributed by atoms with E-state index in [-0.39, 0.29) is 18.7 Å². The van der Waals surface area contributed by atoms with Gasteiger partial charge in [0.25, 0.3) is 5.91 Å². The second-order valence-electron chi connectivity index (χ2n) is 5.62. The topological polar surface area (TPSA) is 127 Å². The number of hydrogen-bond acceptors (Lipinski definition) is 5. The molecule has 0 aliphatic carbocycles. The summed E-state index contributed by atoms with van der Waals surface area (Å²) < 4.78 is 6.81. The number of hydrogen-bond donors (Lipinski definition) is 2. The zero-order valence-corrected chi connectivity index (χ0v) is 13.5. The van der Waals surface area contributed by atoms with E-state index in [0.717, 1.165) is 0 Å². The molecule has 4 rings (SSSR count). The zero-order chi connectivity index (χ0) is 17.7. The third kappa shape index (κ3) is 2.40. The number of aromatic nitrogens is 3. The van der Waals surface area contributed by atoms with Crippen LogP contribution in [0.25, 0.3) is 22.4 Å². The van der Waals surface area contributed by atoms with Crippen molar-refractivity contribution in [3.8, 4) is 11.3 Å². The number of carboxylic acid groups (broad SMARTS) is 1. The molecule has 1 aliphatic heterocycles. The molecule has 0 atom stereocenters. The van der Waals surface area contributed by atoms with Crippen LogP contribution in [0.4, 0.5) is 4.79 Å². The normalized spacial score (nSPS) is 13.9. The summed E-state index contributed by atoms with van der Waals surface area (Å²) in [4.78, 5) is 28.5. The van der Waals surface area contributed by atoms with E-state index in [2.05, 4.69) is 10.1 Å². The highest BCUT2D eigenvalue weighted by Crippen LogP contribution is 2.33. The number of fused-ring (bicyclic) bond motifs is 2. The Morgan fingerprint density at radius 1 is 1.32 bits per heavy atom. The van der Waals surface area contributed by atoms with E-state index in [4.69, 9.17) is 21.8 Å². The first-order chi connectivity index (χ1) is 12.0. The summed E-state index contributed by atoms with van der Waals surface area (Å²) in [6.45, 7) is 0.660. The minimum absolute atomic E-state index is 0.0422. The molecule has 3 aromatic rings. The molecule has 0 unspecified atom stereocenters. The number of oxazole rings is 1. The molecule has 0 saturated carbocycles. The molecular formula is C15H12ClN5O4. The van der Waals surface area contributed by atoms with Crippen molar-refractivity contribution in [3.05, 3.63) is 34.8 Å². The van der Waals surface area contributed by atoms with Crippen LogP contribution in [-0.4, -0.2) is 43.3 Å². The van der Waals surface area contributed by atoms with Crippen LogP contribution in [0.3, 0.4) is 0 Å². The van der Waals surface area contributed by atoms with Crippen molar-refractivity contribution in [1.82, 2.24) is 19.7 Å². The molecule has 3 N–H and O–H groups in total. The predicted octanol–water partition coefficient (Wildman–Crippen LogP) is 1.94. The molecule has 0 spiro atoms. The van der Waals surface area contributed by atoms with Crippen molar-refractivity contribution >= 4 is 34.7 Å². The highest BCUT2D eigenvalue weighted by atomic mass is 35.5. The molecule has 10 heteroatoms. The number of nitrogens with zero attached hydrogens (tertiary/aromatic N) is 4. The molecule has 2 amide bonds. The molecule has 0 saturated heterocycles. The maximum absolute atomic E-state index is 12.0. The molecule has 1 aromatic carbocycles. The van der Waals surface area contributed by atoms with Gasteiger partial charge in [-0.25, -0.2) is 9.78 Å². The largest absolute Gasteiger partial charge is 0.465 e. The van der Waals surface area contributed by atoms with Crippen LogP contribution in [0.5, 0.6) is 0 Å². The smallest absolute Gasteiger partial charge is 0.407 e. The third-order valence-corrected chi connectivity index (χ3v) is 4.44. The van der Waals surface area contributed by atoms with Gasteiger partial charge in [-0.3, -0.25) is 9.48 Å². The van der Waals surface area contributed by atoms with Gasteiger partial charge < -0.3 is 20.2 Å². The Bertz CT molecular complexity index is 1020. The van der Waals surface area contributed by atoms with E-state index in [9.17, 15) is 14.7 Å². The van der Waals surface area contributed by atoms with Gasteiger partial charge in [-0.15, -0.1) is 0 Å². The Morgan fingerprint density at radius 2 is 2.12 bits per heavy atom. The first-order valence-corrected chi connectivity index (χ1v) is 7.74. The first kappa shape index (κ1) is 15.5. The van der Waals surface area contributed by atoms with Crippen LogP contribution in [0.1, 0.15) is 16.1 Å². The number of amides is 2. The summed E-state index contributed by atoms with van der Waals surface area (Å²) in [5.74, 6) is -0.681. The zero-order valence-electron chi connectivity index (χ0n) is 12.8. The summed E-state index contributed by atoms with van der Waals surface area (Å²) in [6, 6.07) is 3.31. The number of primary amides is 1. The van der Waals surface area contributed by atoms with E-state index in [1.807, 2.05) is 0 Å².